The Morgan fingerprint density at radius 2 is 1.90 bits per heavy atom. The lowest BCUT2D eigenvalue weighted by molar-refractivity contribution is -0.137. The summed E-state index contributed by atoms with van der Waals surface area (Å²) < 4.78 is 48.9. The molecule has 0 aliphatic rings. The summed E-state index contributed by atoms with van der Waals surface area (Å²) in [7, 11) is 1.63. The highest BCUT2D eigenvalue weighted by Crippen LogP contribution is 2.31. The lowest BCUT2D eigenvalue weighted by atomic mass is 10.1. The van der Waals surface area contributed by atoms with Crippen LogP contribution in [-0.2, 0) is 6.18 Å². The van der Waals surface area contributed by atoms with E-state index in [1.807, 2.05) is 31.2 Å². The second-order valence-corrected chi connectivity index (χ2v) is 7.50. The van der Waals surface area contributed by atoms with Crippen LogP contribution >= 0.6 is 11.8 Å². The van der Waals surface area contributed by atoms with E-state index in [0.717, 1.165) is 34.1 Å². The molecule has 0 N–H and O–H groups in total. The predicted molar refractivity (Wildman–Crippen MR) is 108 cm³/mol. The molecule has 3 nitrogen and oxygen atoms in total. The highest BCUT2D eigenvalue weighted by atomic mass is 32.2. The molecule has 1 unspecified atom stereocenters. The van der Waals surface area contributed by atoms with Crippen molar-refractivity contribution in [2.75, 3.05) is 19.5 Å². The van der Waals surface area contributed by atoms with Gasteiger partial charge < -0.3 is 9.47 Å². The first kappa shape index (κ1) is 22.7. The van der Waals surface area contributed by atoms with Crippen LogP contribution in [0, 0.1) is 24.2 Å². The van der Waals surface area contributed by atoms with Crippen LogP contribution < -0.4 is 9.47 Å². The van der Waals surface area contributed by atoms with E-state index < -0.39 is 11.7 Å². The first-order valence-electron chi connectivity index (χ1n) is 8.95. The quantitative estimate of drug-likeness (QED) is 0.353. The Bertz CT molecular complexity index is 858. The van der Waals surface area contributed by atoms with Gasteiger partial charge in [-0.05, 0) is 61.4 Å². The summed E-state index contributed by atoms with van der Waals surface area (Å²) in [6.07, 6.45) is -0.527. The number of nitrogens with zero attached hydrogens (tertiary/aromatic N) is 1. The Kier molecular flexibility index (Phi) is 8.47. The molecule has 1 atom stereocenters. The number of nitriles is 1. The molecule has 0 aromatic heterocycles. The highest BCUT2D eigenvalue weighted by Gasteiger charge is 2.30. The van der Waals surface area contributed by atoms with Crippen molar-refractivity contribution in [3.8, 4) is 17.6 Å². The fourth-order valence-corrected chi connectivity index (χ4v) is 3.69. The van der Waals surface area contributed by atoms with E-state index in [1.165, 1.54) is 18.2 Å². The Labute approximate surface area is 173 Å². The lowest BCUT2D eigenvalue weighted by Crippen LogP contribution is -2.14. The van der Waals surface area contributed by atoms with Crippen molar-refractivity contribution in [3.63, 3.8) is 0 Å². The van der Waals surface area contributed by atoms with Crippen molar-refractivity contribution in [2.45, 2.75) is 24.4 Å². The minimum absolute atomic E-state index is 0.0919. The number of aryl methyl sites for hydroxylation is 1. The zero-order valence-electron chi connectivity index (χ0n) is 16.2. The summed E-state index contributed by atoms with van der Waals surface area (Å²) in [5, 5.41) is 8.69. The first-order valence-corrected chi connectivity index (χ1v) is 9.94. The molecule has 0 saturated carbocycles. The molecule has 154 valence electrons. The summed E-state index contributed by atoms with van der Waals surface area (Å²) in [5.41, 5.74) is 0.336. The SMILES string of the molecule is COc1ccc(SCC(CC=CC#N)COc2ccc(C(F)(F)F)cc2)cc1C. The van der Waals surface area contributed by atoms with Crippen molar-refractivity contribution in [2.24, 2.45) is 5.92 Å². The van der Waals surface area contributed by atoms with Crippen LogP contribution in [0.4, 0.5) is 13.2 Å². The maximum atomic E-state index is 12.7. The zero-order chi connectivity index (χ0) is 21.3. The number of benzene rings is 2. The third-order valence-electron chi connectivity index (χ3n) is 4.18. The van der Waals surface area contributed by atoms with Crippen molar-refractivity contribution < 1.29 is 22.6 Å². The maximum absolute atomic E-state index is 12.7. The van der Waals surface area contributed by atoms with E-state index in [2.05, 4.69) is 0 Å². The second-order valence-electron chi connectivity index (χ2n) is 6.41. The number of thioether (sulfide) groups is 1. The highest BCUT2D eigenvalue weighted by molar-refractivity contribution is 7.99. The van der Waals surface area contributed by atoms with E-state index in [0.29, 0.717) is 18.8 Å². The topological polar surface area (TPSA) is 42.2 Å². The van der Waals surface area contributed by atoms with E-state index in [-0.39, 0.29) is 5.92 Å². The summed E-state index contributed by atoms with van der Waals surface area (Å²) >= 11 is 1.66. The zero-order valence-corrected chi connectivity index (χ0v) is 17.0. The van der Waals surface area contributed by atoms with Gasteiger partial charge in [0.2, 0.25) is 0 Å². The Balaban J connectivity index is 1.97. The predicted octanol–water partition coefficient (Wildman–Crippen LogP) is 6.28. The number of hydrogen-bond acceptors (Lipinski definition) is 4. The average molecular weight is 421 g/mol. The van der Waals surface area contributed by atoms with E-state index in [1.54, 1.807) is 24.9 Å². The van der Waals surface area contributed by atoms with Crippen LogP contribution in [-0.4, -0.2) is 19.5 Å². The van der Waals surface area contributed by atoms with Gasteiger partial charge >= 0.3 is 6.18 Å². The van der Waals surface area contributed by atoms with Gasteiger partial charge in [0.05, 0.1) is 25.3 Å². The fraction of sp³-hybridized carbons (Fsp3) is 0.318. The summed E-state index contributed by atoms with van der Waals surface area (Å²) in [6, 6.07) is 12.6. The molecular weight excluding hydrogens is 399 g/mol. The molecule has 0 fully saturated rings. The molecule has 0 aliphatic heterocycles. The maximum Gasteiger partial charge on any atom is 0.416 e. The van der Waals surface area contributed by atoms with Gasteiger partial charge in [-0.1, -0.05) is 6.08 Å². The van der Waals surface area contributed by atoms with Crippen molar-refractivity contribution >= 4 is 11.8 Å². The van der Waals surface area contributed by atoms with Crippen LogP contribution in [0.1, 0.15) is 17.5 Å². The van der Waals surface area contributed by atoms with E-state index in [4.69, 9.17) is 14.7 Å². The van der Waals surface area contributed by atoms with Crippen LogP contribution in [0.25, 0.3) is 0 Å². The number of methoxy groups -OCH3 is 1. The first-order chi connectivity index (χ1) is 13.8. The third kappa shape index (κ3) is 7.39. The normalized spacial score (nSPS) is 12.6. The van der Waals surface area contributed by atoms with Crippen LogP contribution in [0.5, 0.6) is 11.5 Å². The number of allylic oxidation sites excluding steroid dienone is 2. The number of rotatable bonds is 9. The monoisotopic (exact) mass is 421 g/mol. The molecule has 0 aliphatic carbocycles. The molecule has 0 spiro atoms. The van der Waals surface area contributed by atoms with Gasteiger partial charge in [-0.15, -0.1) is 11.8 Å². The summed E-state index contributed by atoms with van der Waals surface area (Å²) in [5.74, 6) is 2.04. The molecule has 2 aromatic rings. The lowest BCUT2D eigenvalue weighted by Gasteiger charge is -2.17. The number of halogens is 3. The van der Waals surface area contributed by atoms with Gasteiger partial charge in [0, 0.05) is 22.6 Å². The third-order valence-corrected chi connectivity index (χ3v) is 5.41. The Morgan fingerprint density at radius 1 is 1.17 bits per heavy atom. The number of hydrogen-bond donors (Lipinski definition) is 0. The smallest absolute Gasteiger partial charge is 0.416 e. The van der Waals surface area contributed by atoms with Crippen LogP contribution in [0.2, 0.25) is 0 Å². The van der Waals surface area contributed by atoms with Gasteiger partial charge in [0.15, 0.2) is 0 Å². The standard InChI is InChI=1S/C22H22F3NO2S/c1-16-13-20(10-11-21(16)27-2)29-15-17(5-3-4-12-26)14-28-19-8-6-18(7-9-19)22(23,24)25/h3-4,6-11,13,17H,5,14-15H2,1-2H3. The molecular formula is C22H22F3NO2S. The molecule has 2 aromatic carbocycles. The fourth-order valence-electron chi connectivity index (χ4n) is 2.61. The van der Waals surface area contributed by atoms with Gasteiger partial charge in [-0.3, -0.25) is 0 Å². The summed E-state index contributed by atoms with van der Waals surface area (Å²) in [4.78, 5) is 1.09. The Morgan fingerprint density at radius 3 is 2.48 bits per heavy atom. The summed E-state index contributed by atoms with van der Waals surface area (Å²) in [6.45, 7) is 2.31. The van der Waals surface area contributed by atoms with E-state index in [9.17, 15) is 13.2 Å². The molecule has 0 radical (unpaired) electrons. The Hall–Kier alpha value is -2.59. The van der Waals surface area contributed by atoms with Gasteiger partial charge in [-0.25, -0.2) is 0 Å². The van der Waals surface area contributed by atoms with Gasteiger partial charge in [-0.2, -0.15) is 18.4 Å². The van der Waals surface area contributed by atoms with Gasteiger partial charge in [0.1, 0.15) is 11.5 Å². The largest absolute Gasteiger partial charge is 0.496 e. The van der Waals surface area contributed by atoms with Crippen molar-refractivity contribution in [1.82, 2.24) is 0 Å². The molecule has 7 heteroatoms. The molecule has 0 amide bonds. The number of alkyl halides is 3. The van der Waals surface area contributed by atoms with Gasteiger partial charge in [0.25, 0.3) is 0 Å². The average Bonchev–Trinajstić information content (AvgIpc) is 2.69. The molecule has 2 rings (SSSR count). The number of ether oxygens (including phenoxy) is 2. The van der Waals surface area contributed by atoms with Crippen molar-refractivity contribution in [3.05, 3.63) is 65.7 Å². The van der Waals surface area contributed by atoms with Crippen molar-refractivity contribution in [1.29, 1.82) is 5.26 Å². The second kappa shape index (κ2) is 10.8. The molecule has 0 bridgehead atoms. The minimum Gasteiger partial charge on any atom is -0.496 e. The van der Waals surface area contributed by atoms with E-state index >= 15 is 0 Å². The van der Waals surface area contributed by atoms with Crippen LogP contribution in [0.3, 0.4) is 0 Å². The molecule has 0 heterocycles. The molecule has 0 saturated heterocycles. The minimum atomic E-state index is -4.36. The molecule has 29 heavy (non-hydrogen) atoms. The van der Waals surface area contributed by atoms with Crippen LogP contribution in [0.15, 0.2) is 59.5 Å².